The average molecular weight is 495 g/mol. The number of fused-ring (bicyclic) bond motifs is 1. The van der Waals surface area contributed by atoms with Crippen LogP contribution in [0.5, 0.6) is 0 Å². The highest BCUT2D eigenvalue weighted by atomic mass is 16.5. The van der Waals surface area contributed by atoms with Crippen molar-refractivity contribution in [2.45, 2.75) is 6.42 Å². The number of aromatic nitrogens is 6. The highest BCUT2D eigenvalue weighted by molar-refractivity contribution is 5.93. The standard InChI is InChI=1S/C27H26N8O2/c1-34-21(16-23(33-34)18-6-9-28-10-7-18)17-24(36)30-20-4-2-19(3-5-20)26-31-22-8-11-29-27(25(22)32-26)35-12-14-37-15-13-35/h2-11,16H,12-15,17H2,1H3,(H,30,36)(H,31,32). The molecule has 186 valence electrons. The van der Waals surface area contributed by atoms with Gasteiger partial charge in [0.05, 0.1) is 30.8 Å². The van der Waals surface area contributed by atoms with Crippen molar-refractivity contribution in [3.05, 3.63) is 72.8 Å². The van der Waals surface area contributed by atoms with Crippen molar-refractivity contribution < 1.29 is 9.53 Å². The number of amides is 1. The number of rotatable bonds is 6. The molecule has 10 nitrogen and oxygen atoms in total. The third-order valence-corrected chi connectivity index (χ3v) is 6.43. The van der Waals surface area contributed by atoms with E-state index in [-0.39, 0.29) is 12.3 Å². The van der Waals surface area contributed by atoms with Gasteiger partial charge in [0.1, 0.15) is 11.3 Å². The van der Waals surface area contributed by atoms with E-state index < -0.39 is 0 Å². The Morgan fingerprint density at radius 2 is 1.81 bits per heavy atom. The van der Waals surface area contributed by atoms with Crippen molar-refractivity contribution >= 4 is 28.4 Å². The van der Waals surface area contributed by atoms with Gasteiger partial charge in [-0.2, -0.15) is 5.10 Å². The van der Waals surface area contributed by atoms with Crippen LogP contribution in [-0.4, -0.2) is 61.9 Å². The number of aryl methyl sites for hydroxylation is 1. The summed E-state index contributed by atoms with van der Waals surface area (Å²) in [7, 11) is 1.84. The maximum absolute atomic E-state index is 12.7. The second-order valence-electron chi connectivity index (χ2n) is 8.90. The lowest BCUT2D eigenvalue weighted by molar-refractivity contribution is -0.115. The highest BCUT2D eigenvalue weighted by Gasteiger charge is 2.18. The molecular formula is C27H26N8O2. The smallest absolute Gasteiger partial charge is 0.230 e. The lowest BCUT2D eigenvalue weighted by atomic mass is 10.1. The number of imidazole rings is 1. The monoisotopic (exact) mass is 494 g/mol. The molecule has 5 heterocycles. The summed E-state index contributed by atoms with van der Waals surface area (Å²) in [6.45, 7) is 2.98. The minimum Gasteiger partial charge on any atom is -0.378 e. The van der Waals surface area contributed by atoms with E-state index in [1.165, 1.54) is 0 Å². The van der Waals surface area contributed by atoms with Gasteiger partial charge in [0.15, 0.2) is 5.82 Å². The van der Waals surface area contributed by atoms with Gasteiger partial charge >= 0.3 is 0 Å². The van der Waals surface area contributed by atoms with Crippen molar-refractivity contribution in [3.63, 3.8) is 0 Å². The summed E-state index contributed by atoms with van der Waals surface area (Å²) >= 11 is 0. The number of H-pyrrole nitrogens is 1. The van der Waals surface area contributed by atoms with Crippen LogP contribution in [-0.2, 0) is 23.0 Å². The summed E-state index contributed by atoms with van der Waals surface area (Å²) in [6.07, 6.45) is 5.48. The van der Waals surface area contributed by atoms with Crippen molar-refractivity contribution in [2.24, 2.45) is 7.05 Å². The van der Waals surface area contributed by atoms with E-state index in [4.69, 9.17) is 9.72 Å². The molecule has 1 aliphatic heterocycles. The zero-order valence-electron chi connectivity index (χ0n) is 20.4. The van der Waals surface area contributed by atoms with E-state index in [9.17, 15) is 4.79 Å². The highest BCUT2D eigenvalue weighted by Crippen LogP contribution is 2.27. The molecule has 0 radical (unpaired) electrons. The number of nitrogens with zero attached hydrogens (tertiary/aromatic N) is 6. The third kappa shape index (κ3) is 4.78. The zero-order valence-corrected chi connectivity index (χ0v) is 20.4. The summed E-state index contributed by atoms with van der Waals surface area (Å²) in [4.78, 5) is 31.8. The van der Waals surface area contributed by atoms with Crippen LogP contribution in [0, 0.1) is 0 Å². The molecule has 0 bridgehead atoms. The first kappa shape index (κ1) is 22.9. The second kappa shape index (κ2) is 9.82. The van der Waals surface area contributed by atoms with Crippen LogP contribution in [0.15, 0.2) is 67.1 Å². The van der Waals surface area contributed by atoms with Crippen LogP contribution in [0.4, 0.5) is 11.5 Å². The summed E-state index contributed by atoms with van der Waals surface area (Å²) in [5.41, 5.74) is 6.03. The Morgan fingerprint density at radius 3 is 2.59 bits per heavy atom. The molecular weight excluding hydrogens is 468 g/mol. The Hall–Kier alpha value is -4.57. The van der Waals surface area contributed by atoms with Gasteiger partial charge in [0.25, 0.3) is 0 Å². The number of nitrogens with one attached hydrogen (secondary N) is 2. The number of hydrogen-bond donors (Lipinski definition) is 2. The number of anilines is 2. The molecule has 1 saturated heterocycles. The van der Waals surface area contributed by atoms with Gasteiger partial charge in [-0.1, -0.05) is 0 Å². The largest absolute Gasteiger partial charge is 0.378 e. The number of pyridine rings is 2. The molecule has 0 spiro atoms. The lowest BCUT2D eigenvalue weighted by Gasteiger charge is -2.27. The van der Waals surface area contributed by atoms with Gasteiger partial charge in [-0.25, -0.2) is 9.97 Å². The number of morpholine rings is 1. The van der Waals surface area contributed by atoms with E-state index in [0.29, 0.717) is 13.2 Å². The number of carbonyl (C=O) groups is 1. The molecule has 0 unspecified atom stereocenters. The van der Waals surface area contributed by atoms with Crippen LogP contribution >= 0.6 is 0 Å². The zero-order chi connectivity index (χ0) is 25.2. The number of benzene rings is 1. The van der Waals surface area contributed by atoms with E-state index in [0.717, 1.165) is 64.0 Å². The molecule has 1 amide bonds. The molecule has 1 fully saturated rings. The van der Waals surface area contributed by atoms with Gasteiger partial charge < -0.3 is 19.9 Å². The van der Waals surface area contributed by atoms with E-state index >= 15 is 0 Å². The average Bonchev–Trinajstić information content (AvgIpc) is 3.53. The fourth-order valence-corrected chi connectivity index (χ4v) is 4.48. The summed E-state index contributed by atoms with van der Waals surface area (Å²) in [5, 5.41) is 7.50. The van der Waals surface area contributed by atoms with Crippen LogP contribution in [0.1, 0.15) is 5.69 Å². The summed E-state index contributed by atoms with van der Waals surface area (Å²) < 4.78 is 7.21. The van der Waals surface area contributed by atoms with Crippen LogP contribution in [0.3, 0.4) is 0 Å². The minimum atomic E-state index is -0.109. The first-order valence-corrected chi connectivity index (χ1v) is 12.1. The predicted octanol–water partition coefficient (Wildman–Crippen LogP) is 3.44. The van der Waals surface area contributed by atoms with Crippen molar-refractivity contribution in [2.75, 3.05) is 36.5 Å². The maximum Gasteiger partial charge on any atom is 0.230 e. The van der Waals surface area contributed by atoms with Gasteiger partial charge in [0, 0.05) is 61.2 Å². The molecule has 0 atom stereocenters. The normalized spacial score (nSPS) is 13.7. The third-order valence-electron chi connectivity index (χ3n) is 6.43. The second-order valence-corrected chi connectivity index (χ2v) is 8.90. The van der Waals surface area contributed by atoms with Crippen LogP contribution in [0.2, 0.25) is 0 Å². The molecule has 1 aliphatic rings. The SMILES string of the molecule is Cn1nc(-c2ccncc2)cc1CC(=O)Nc1ccc(-c2nc3c(N4CCOCC4)nccc3[nH]2)cc1. The minimum absolute atomic E-state index is 0.109. The van der Waals surface area contributed by atoms with Crippen molar-refractivity contribution in [1.82, 2.24) is 29.7 Å². The topological polar surface area (TPSA) is 114 Å². The molecule has 37 heavy (non-hydrogen) atoms. The molecule has 0 aliphatic carbocycles. The number of aromatic amines is 1. The van der Waals surface area contributed by atoms with E-state index in [2.05, 4.69) is 30.3 Å². The fraction of sp³-hybridized carbons (Fsp3) is 0.222. The van der Waals surface area contributed by atoms with E-state index in [1.54, 1.807) is 23.3 Å². The molecule has 1 aromatic carbocycles. The van der Waals surface area contributed by atoms with Gasteiger partial charge in [-0.3, -0.25) is 14.5 Å². The molecule has 4 aromatic heterocycles. The lowest BCUT2D eigenvalue weighted by Crippen LogP contribution is -2.36. The summed E-state index contributed by atoms with van der Waals surface area (Å²) in [5.74, 6) is 1.52. The first-order chi connectivity index (χ1) is 18.1. The Balaban J connectivity index is 1.15. The first-order valence-electron chi connectivity index (χ1n) is 12.1. The Kier molecular flexibility index (Phi) is 6.07. The Labute approximate surface area is 213 Å². The van der Waals surface area contributed by atoms with Gasteiger partial charge in [0.2, 0.25) is 5.91 Å². The number of ether oxygens (including phenoxy) is 1. The Bertz CT molecular complexity index is 1540. The molecule has 10 heteroatoms. The Morgan fingerprint density at radius 1 is 1.03 bits per heavy atom. The van der Waals surface area contributed by atoms with Gasteiger partial charge in [-0.05, 0) is 48.5 Å². The van der Waals surface area contributed by atoms with Crippen molar-refractivity contribution in [3.8, 4) is 22.6 Å². The van der Waals surface area contributed by atoms with Crippen molar-refractivity contribution in [1.29, 1.82) is 0 Å². The molecule has 5 aromatic rings. The molecule has 2 N–H and O–H groups in total. The fourth-order valence-electron chi connectivity index (χ4n) is 4.48. The van der Waals surface area contributed by atoms with Crippen LogP contribution < -0.4 is 10.2 Å². The quantitative estimate of drug-likeness (QED) is 0.372. The maximum atomic E-state index is 12.7. The summed E-state index contributed by atoms with van der Waals surface area (Å²) in [6, 6.07) is 15.3. The number of carbonyl (C=O) groups excluding carboxylic acids is 1. The van der Waals surface area contributed by atoms with E-state index in [1.807, 2.05) is 55.6 Å². The predicted molar refractivity (Wildman–Crippen MR) is 141 cm³/mol. The van der Waals surface area contributed by atoms with Crippen LogP contribution in [0.25, 0.3) is 33.7 Å². The molecule has 0 saturated carbocycles. The molecule has 6 rings (SSSR count). The number of hydrogen-bond acceptors (Lipinski definition) is 7. The van der Waals surface area contributed by atoms with Gasteiger partial charge in [-0.15, -0.1) is 0 Å².